The minimum atomic E-state index is 0.448. The van der Waals surface area contributed by atoms with Gasteiger partial charge in [-0.05, 0) is 32.6 Å². The fourth-order valence-corrected chi connectivity index (χ4v) is 3.76. The van der Waals surface area contributed by atoms with E-state index in [0.717, 1.165) is 0 Å². The lowest BCUT2D eigenvalue weighted by Crippen LogP contribution is -2.63. The maximum Gasteiger partial charge on any atom is 0.0996 e. The molecule has 0 aliphatic carbocycles. The zero-order valence-corrected chi connectivity index (χ0v) is 13.7. The highest BCUT2D eigenvalue weighted by molar-refractivity contribution is 4.87. The molecule has 1 aliphatic heterocycles. The van der Waals surface area contributed by atoms with Crippen molar-refractivity contribution in [2.45, 2.75) is 83.6 Å². The highest BCUT2D eigenvalue weighted by Gasteiger charge is 2.44. The average Bonchev–Trinajstić information content (AvgIpc) is 2.38. The van der Waals surface area contributed by atoms with Crippen LogP contribution in [-0.4, -0.2) is 30.2 Å². The molecule has 1 fully saturated rings. The number of likely N-dealkylation sites (tertiary alicyclic amines) is 1. The van der Waals surface area contributed by atoms with Crippen LogP contribution in [-0.2, 0) is 0 Å². The van der Waals surface area contributed by atoms with Crippen molar-refractivity contribution in [2.24, 2.45) is 0 Å². The van der Waals surface area contributed by atoms with Crippen LogP contribution in [0.3, 0.4) is 0 Å². The number of unbranched alkanes of at least 4 members (excludes halogenated alkanes) is 5. The Labute approximate surface area is 121 Å². The third-order valence-electron chi connectivity index (χ3n) is 5.51. The SMILES string of the molecule is C=CCC1(C)CCCC[N+]1(C)CCCCCCCC. The van der Waals surface area contributed by atoms with Gasteiger partial charge in [-0.1, -0.05) is 38.7 Å². The Morgan fingerprint density at radius 2 is 1.79 bits per heavy atom. The highest BCUT2D eigenvalue weighted by Crippen LogP contribution is 2.37. The number of rotatable bonds is 9. The van der Waals surface area contributed by atoms with Crippen molar-refractivity contribution in [1.82, 2.24) is 0 Å². The van der Waals surface area contributed by atoms with Crippen molar-refractivity contribution < 1.29 is 4.48 Å². The van der Waals surface area contributed by atoms with Crippen molar-refractivity contribution in [3.05, 3.63) is 12.7 Å². The van der Waals surface area contributed by atoms with Gasteiger partial charge in [0.15, 0.2) is 0 Å². The molecular weight excluding hydrogens is 230 g/mol. The summed E-state index contributed by atoms with van der Waals surface area (Å²) in [4.78, 5) is 0. The summed E-state index contributed by atoms with van der Waals surface area (Å²) in [5, 5.41) is 0. The van der Waals surface area contributed by atoms with Crippen molar-refractivity contribution in [2.75, 3.05) is 20.1 Å². The summed E-state index contributed by atoms with van der Waals surface area (Å²) in [6, 6.07) is 0. The van der Waals surface area contributed by atoms with E-state index in [1.807, 2.05) is 0 Å². The third-order valence-corrected chi connectivity index (χ3v) is 5.51. The lowest BCUT2D eigenvalue weighted by atomic mass is 9.82. The lowest BCUT2D eigenvalue weighted by Gasteiger charge is -2.52. The van der Waals surface area contributed by atoms with Gasteiger partial charge < -0.3 is 4.48 Å². The average molecular weight is 266 g/mol. The van der Waals surface area contributed by atoms with Gasteiger partial charge >= 0.3 is 0 Å². The van der Waals surface area contributed by atoms with Gasteiger partial charge in [0.2, 0.25) is 0 Å². The molecular formula is C18H36N+. The standard InChI is InChI=1S/C18H36N/c1-5-7-8-9-10-12-16-19(4)17-13-11-15-18(19,3)14-6-2/h6H,2,5,7-17H2,1,3-4H3/q+1. The molecule has 1 rings (SSSR count). The molecule has 0 aromatic carbocycles. The largest absolute Gasteiger partial charge is 0.321 e. The minimum Gasteiger partial charge on any atom is -0.321 e. The second kappa shape index (κ2) is 8.09. The number of hydrogen-bond acceptors (Lipinski definition) is 0. The van der Waals surface area contributed by atoms with E-state index in [4.69, 9.17) is 0 Å². The van der Waals surface area contributed by atoms with Crippen LogP contribution in [0.15, 0.2) is 12.7 Å². The molecule has 0 spiro atoms. The topological polar surface area (TPSA) is 0 Å². The molecule has 112 valence electrons. The Balaban J connectivity index is 2.40. The van der Waals surface area contributed by atoms with E-state index in [2.05, 4.69) is 33.6 Å². The van der Waals surface area contributed by atoms with Gasteiger partial charge in [0.25, 0.3) is 0 Å². The first-order chi connectivity index (χ1) is 9.08. The van der Waals surface area contributed by atoms with Crippen molar-refractivity contribution in [3.8, 4) is 0 Å². The second-order valence-corrected chi connectivity index (χ2v) is 7.06. The van der Waals surface area contributed by atoms with Gasteiger partial charge in [-0.3, -0.25) is 0 Å². The van der Waals surface area contributed by atoms with Crippen molar-refractivity contribution >= 4 is 0 Å². The summed E-state index contributed by atoms with van der Waals surface area (Å²) in [6.45, 7) is 11.5. The molecule has 1 heterocycles. The predicted molar refractivity (Wildman–Crippen MR) is 86.4 cm³/mol. The number of hydrogen-bond donors (Lipinski definition) is 0. The van der Waals surface area contributed by atoms with E-state index < -0.39 is 0 Å². The van der Waals surface area contributed by atoms with Crippen LogP contribution >= 0.6 is 0 Å². The molecule has 0 saturated carbocycles. The van der Waals surface area contributed by atoms with E-state index in [1.54, 1.807) is 0 Å². The van der Waals surface area contributed by atoms with E-state index in [1.165, 1.54) is 81.8 Å². The first-order valence-electron chi connectivity index (χ1n) is 8.53. The Morgan fingerprint density at radius 3 is 2.47 bits per heavy atom. The smallest absolute Gasteiger partial charge is 0.0996 e. The van der Waals surface area contributed by atoms with Gasteiger partial charge in [0.1, 0.15) is 0 Å². The monoisotopic (exact) mass is 266 g/mol. The lowest BCUT2D eigenvalue weighted by molar-refractivity contribution is -0.962. The summed E-state index contributed by atoms with van der Waals surface area (Å²) in [7, 11) is 2.49. The quantitative estimate of drug-likeness (QED) is 0.301. The molecule has 0 radical (unpaired) electrons. The molecule has 2 unspecified atom stereocenters. The van der Waals surface area contributed by atoms with Gasteiger partial charge in [0, 0.05) is 12.8 Å². The van der Waals surface area contributed by atoms with E-state index in [-0.39, 0.29) is 0 Å². The minimum absolute atomic E-state index is 0.448. The Morgan fingerprint density at radius 1 is 1.11 bits per heavy atom. The molecule has 0 amide bonds. The molecule has 0 bridgehead atoms. The van der Waals surface area contributed by atoms with Crippen LogP contribution < -0.4 is 0 Å². The summed E-state index contributed by atoms with van der Waals surface area (Å²) in [5.41, 5.74) is 0.448. The summed E-state index contributed by atoms with van der Waals surface area (Å²) in [6.07, 6.45) is 16.0. The molecule has 1 nitrogen and oxygen atoms in total. The van der Waals surface area contributed by atoms with E-state index in [9.17, 15) is 0 Å². The Kier molecular flexibility index (Phi) is 7.13. The van der Waals surface area contributed by atoms with E-state index >= 15 is 0 Å². The van der Waals surface area contributed by atoms with Gasteiger partial charge in [-0.2, -0.15) is 0 Å². The molecule has 0 aromatic heterocycles. The molecule has 19 heavy (non-hydrogen) atoms. The van der Waals surface area contributed by atoms with E-state index in [0.29, 0.717) is 5.54 Å². The van der Waals surface area contributed by atoms with Crippen LogP contribution in [0.5, 0.6) is 0 Å². The number of nitrogens with zero attached hydrogens (tertiary/aromatic N) is 1. The highest BCUT2D eigenvalue weighted by atomic mass is 15.4. The zero-order chi connectivity index (χ0) is 14.2. The van der Waals surface area contributed by atoms with Crippen LogP contribution in [0.1, 0.15) is 78.1 Å². The zero-order valence-electron chi connectivity index (χ0n) is 13.7. The normalized spacial score (nSPS) is 31.3. The number of piperidine rings is 1. The molecule has 1 heteroatoms. The molecule has 0 aromatic rings. The van der Waals surface area contributed by atoms with Crippen LogP contribution in [0.2, 0.25) is 0 Å². The summed E-state index contributed by atoms with van der Waals surface area (Å²) in [5.74, 6) is 0. The summed E-state index contributed by atoms with van der Waals surface area (Å²) < 4.78 is 1.28. The van der Waals surface area contributed by atoms with Gasteiger partial charge in [-0.25, -0.2) is 0 Å². The first-order valence-corrected chi connectivity index (χ1v) is 8.53. The van der Waals surface area contributed by atoms with Crippen LogP contribution in [0.25, 0.3) is 0 Å². The van der Waals surface area contributed by atoms with Crippen molar-refractivity contribution in [1.29, 1.82) is 0 Å². The van der Waals surface area contributed by atoms with Crippen molar-refractivity contribution in [3.63, 3.8) is 0 Å². The maximum atomic E-state index is 3.99. The fourth-order valence-electron chi connectivity index (χ4n) is 3.76. The van der Waals surface area contributed by atoms with Gasteiger partial charge in [0.05, 0.1) is 25.7 Å². The number of quaternary nitrogens is 1. The fraction of sp³-hybridized carbons (Fsp3) is 0.889. The second-order valence-electron chi connectivity index (χ2n) is 7.06. The Bertz CT molecular complexity index is 260. The molecule has 1 aliphatic rings. The molecule has 0 N–H and O–H groups in total. The predicted octanol–water partition coefficient (Wildman–Crippen LogP) is 5.31. The maximum absolute atomic E-state index is 3.99. The van der Waals surface area contributed by atoms with Crippen LogP contribution in [0.4, 0.5) is 0 Å². The first kappa shape index (κ1) is 16.8. The van der Waals surface area contributed by atoms with Crippen LogP contribution in [0, 0.1) is 0 Å². The van der Waals surface area contributed by atoms with Gasteiger partial charge in [-0.15, -0.1) is 6.58 Å². The molecule has 1 saturated heterocycles. The third kappa shape index (κ3) is 4.63. The Hall–Kier alpha value is -0.300. The summed E-state index contributed by atoms with van der Waals surface area (Å²) >= 11 is 0. The molecule has 2 atom stereocenters.